The number of rotatable bonds is 6. The lowest BCUT2D eigenvalue weighted by Crippen LogP contribution is -2.42. The van der Waals surface area contributed by atoms with Gasteiger partial charge in [0.2, 0.25) is 5.91 Å². The van der Waals surface area contributed by atoms with E-state index in [2.05, 4.69) is 10.4 Å². The fourth-order valence-corrected chi connectivity index (χ4v) is 1.40. The van der Waals surface area contributed by atoms with Crippen molar-refractivity contribution in [2.45, 2.75) is 18.9 Å². The van der Waals surface area contributed by atoms with Crippen LogP contribution >= 0.6 is 0 Å². The Morgan fingerprint density at radius 1 is 1.45 bits per heavy atom. The Morgan fingerprint density at radius 2 is 2.10 bits per heavy atom. The molecule has 0 aliphatic carbocycles. The molecule has 9 nitrogen and oxygen atoms in total. The van der Waals surface area contributed by atoms with Crippen molar-refractivity contribution in [1.29, 1.82) is 0 Å². The molecule has 20 heavy (non-hydrogen) atoms. The Morgan fingerprint density at radius 3 is 2.60 bits per heavy atom. The third kappa shape index (κ3) is 4.19. The minimum absolute atomic E-state index is 0.0996. The topological polar surface area (TPSA) is 144 Å². The number of amides is 2. The van der Waals surface area contributed by atoms with Gasteiger partial charge in [-0.25, -0.2) is 9.48 Å². The van der Waals surface area contributed by atoms with Crippen molar-refractivity contribution in [2.75, 3.05) is 0 Å². The summed E-state index contributed by atoms with van der Waals surface area (Å²) < 4.78 is 0.952. The first-order chi connectivity index (χ1) is 9.31. The number of aryl methyl sites for hydroxylation is 1. The van der Waals surface area contributed by atoms with Gasteiger partial charge in [0.25, 0.3) is 11.5 Å². The minimum Gasteiger partial charge on any atom is -0.480 e. The van der Waals surface area contributed by atoms with Crippen LogP contribution in [-0.2, 0) is 16.6 Å². The highest BCUT2D eigenvalue weighted by molar-refractivity contribution is 5.94. The van der Waals surface area contributed by atoms with Gasteiger partial charge in [0.05, 0.1) is 0 Å². The number of nitrogens with zero attached hydrogens (tertiary/aromatic N) is 2. The molecule has 0 fully saturated rings. The van der Waals surface area contributed by atoms with E-state index in [9.17, 15) is 19.2 Å². The van der Waals surface area contributed by atoms with Crippen LogP contribution in [0.2, 0.25) is 0 Å². The Kier molecular flexibility index (Phi) is 4.95. The van der Waals surface area contributed by atoms with Crippen molar-refractivity contribution < 1.29 is 19.5 Å². The summed E-state index contributed by atoms with van der Waals surface area (Å²) in [5.74, 6) is -2.70. The third-order valence-electron chi connectivity index (χ3n) is 2.48. The molecule has 4 N–H and O–H groups in total. The van der Waals surface area contributed by atoms with Crippen LogP contribution in [0.4, 0.5) is 0 Å². The second-order valence-electron chi connectivity index (χ2n) is 4.05. The fourth-order valence-electron chi connectivity index (χ4n) is 1.40. The van der Waals surface area contributed by atoms with E-state index in [4.69, 9.17) is 10.8 Å². The number of carboxylic acid groups (broad SMARTS) is 1. The molecule has 1 aromatic heterocycles. The summed E-state index contributed by atoms with van der Waals surface area (Å²) in [5.41, 5.74) is 4.43. The zero-order valence-electron chi connectivity index (χ0n) is 10.7. The molecular weight excluding hydrogens is 268 g/mol. The van der Waals surface area contributed by atoms with Crippen LogP contribution < -0.4 is 16.6 Å². The number of aliphatic carboxylic acids is 1. The number of carbonyl (C=O) groups is 3. The number of aromatic nitrogens is 2. The number of carboxylic acids is 1. The SMILES string of the molecule is Cn1nc(C(=O)N[C@H](CCC(N)=O)C(=O)O)ccc1=O. The first-order valence-electron chi connectivity index (χ1n) is 5.67. The predicted molar refractivity (Wildman–Crippen MR) is 66.8 cm³/mol. The van der Waals surface area contributed by atoms with E-state index >= 15 is 0 Å². The van der Waals surface area contributed by atoms with E-state index in [1.165, 1.54) is 13.1 Å². The van der Waals surface area contributed by atoms with Gasteiger partial charge >= 0.3 is 5.97 Å². The number of nitrogens with one attached hydrogen (secondary N) is 1. The van der Waals surface area contributed by atoms with Gasteiger partial charge in [0.15, 0.2) is 0 Å². The van der Waals surface area contributed by atoms with E-state index in [0.717, 1.165) is 10.7 Å². The molecule has 0 unspecified atom stereocenters. The average molecular weight is 282 g/mol. The van der Waals surface area contributed by atoms with Crippen molar-refractivity contribution in [2.24, 2.45) is 12.8 Å². The highest BCUT2D eigenvalue weighted by Gasteiger charge is 2.22. The first-order valence-corrected chi connectivity index (χ1v) is 5.67. The molecule has 0 aliphatic heterocycles. The maximum Gasteiger partial charge on any atom is 0.326 e. The van der Waals surface area contributed by atoms with E-state index in [-0.39, 0.29) is 18.5 Å². The van der Waals surface area contributed by atoms with Crippen molar-refractivity contribution in [3.63, 3.8) is 0 Å². The Hall–Kier alpha value is -2.71. The standard InChI is InChI=1S/C11H14N4O5/c1-15-9(17)5-3-6(14-15)10(18)13-7(11(19)20)2-4-8(12)16/h3,5,7H,2,4H2,1H3,(H2,12,16)(H,13,18)(H,19,20)/t7-/m1/s1. The summed E-state index contributed by atoms with van der Waals surface area (Å²) >= 11 is 0. The van der Waals surface area contributed by atoms with Crippen molar-refractivity contribution in [3.05, 3.63) is 28.2 Å². The molecule has 0 saturated heterocycles. The Labute approximate surface area is 113 Å². The van der Waals surface area contributed by atoms with E-state index in [0.29, 0.717) is 0 Å². The minimum atomic E-state index is -1.29. The summed E-state index contributed by atoms with van der Waals surface area (Å²) in [4.78, 5) is 44.5. The molecule has 1 rings (SSSR count). The first kappa shape index (κ1) is 15.3. The van der Waals surface area contributed by atoms with Crippen molar-refractivity contribution >= 4 is 17.8 Å². The molecule has 9 heteroatoms. The van der Waals surface area contributed by atoms with Crippen LogP contribution in [0.5, 0.6) is 0 Å². The molecule has 1 atom stereocenters. The second kappa shape index (κ2) is 6.45. The second-order valence-corrected chi connectivity index (χ2v) is 4.05. The molecule has 0 bridgehead atoms. The molecule has 2 amide bonds. The van der Waals surface area contributed by atoms with E-state index in [1.807, 2.05) is 0 Å². The number of nitrogens with two attached hydrogens (primary N) is 1. The summed E-state index contributed by atoms with van der Waals surface area (Å²) in [6.07, 6.45) is -0.292. The van der Waals surface area contributed by atoms with E-state index < -0.39 is 29.4 Å². The van der Waals surface area contributed by atoms with Gasteiger partial charge in [-0.05, 0) is 12.5 Å². The molecule has 1 aromatic rings. The summed E-state index contributed by atoms with van der Waals surface area (Å²) in [5, 5.41) is 14.8. The Balaban J connectivity index is 2.79. The predicted octanol–water partition coefficient (Wildman–Crippen LogP) is -1.77. The molecule has 0 aromatic carbocycles. The lowest BCUT2D eigenvalue weighted by atomic mass is 10.1. The summed E-state index contributed by atoms with van der Waals surface area (Å²) in [7, 11) is 1.36. The number of primary amides is 1. The number of carbonyl (C=O) groups excluding carboxylic acids is 2. The van der Waals surface area contributed by atoms with Gasteiger partial charge in [0.1, 0.15) is 11.7 Å². The largest absolute Gasteiger partial charge is 0.480 e. The quantitative estimate of drug-likeness (QED) is 0.563. The van der Waals surface area contributed by atoms with Crippen LogP contribution in [0.25, 0.3) is 0 Å². The van der Waals surface area contributed by atoms with Crippen LogP contribution in [0, 0.1) is 0 Å². The normalized spacial score (nSPS) is 11.7. The van der Waals surface area contributed by atoms with Crippen LogP contribution in [0.15, 0.2) is 16.9 Å². The molecule has 0 saturated carbocycles. The van der Waals surface area contributed by atoms with Crippen LogP contribution in [0.3, 0.4) is 0 Å². The van der Waals surface area contributed by atoms with Gasteiger partial charge in [-0.3, -0.25) is 14.4 Å². The van der Waals surface area contributed by atoms with E-state index in [1.54, 1.807) is 0 Å². The van der Waals surface area contributed by atoms with Crippen LogP contribution in [0.1, 0.15) is 23.3 Å². The molecule has 0 aliphatic rings. The van der Waals surface area contributed by atoms with Crippen molar-refractivity contribution in [3.8, 4) is 0 Å². The molecule has 108 valence electrons. The zero-order chi connectivity index (χ0) is 15.3. The third-order valence-corrected chi connectivity index (χ3v) is 2.48. The zero-order valence-corrected chi connectivity index (χ0v) is 10.7. The van der Waals surface area contributed by atoms with Gasteiger partial charge < -0.3 is 16.2 Å². The lowest BCUT2D eigenvalue weighted by Gasteiger charge is -2.13. The van der Waals surface area contributed by atoms with Gasteiger partial charge in [-0.1, -0.05) is 0 Å². The number of hydrogen-bond acceptors (Lipinski definition) is 5. The number of hydrogen-bond donors (Lipinski definition) is 3. The molecular formula is C11H14N4O5. The highest BCUT2D eigenvalue weighted by atomic mass is 16.4. The molecule has 0 radical (unpaired) electrons. The molecule has 1 heterocycles. The van der Waals surface area contributed by atoms with Gasteiger partial charge in [0, 0.05) is 19.5 Å². The van der Waals surface area contributed by atoms with Crippen molar-refractivity contribution in [1.82, 2.24) is 15.1 Å². The average Bonchev–Trinajstić information content (AvgIpc) is 2.36. The highest BCUT2D eigenvalue weighted by Crippen LogP contribution is 2.00. The smallest absolute Gasteiger partial charge is 0.326 e. The van der Waals surface area contributed by atoms with Gasteiger partial charge in [-0.15, -0.1) is 0 Å². The fraction of sp³-hybridized carbons (Fsp3) is 0.364. The maximum absolute atomic E-state index is 11.8. The monoisotopic (exact) mass is 282 g/mol. The summed E-state index contributed by atoms with van der Waals surface area (Å²) in [6, 6.07) is 1.07. The molecule has 0 spiro atoms. The van der Waals surface area contributed by atoms with Crippen LogP contribution in [-0.4, -0.2) is 38.7 Å². The maximum atomic E-state index is 11.8. The van der Waals surface area contributed by atoms with Gasteiger partial charge in [-0.2, -0.15) is 5.10 Å². The lowest BCUT2D eigenvalue weighted by molar-refractivity contribution is -0.139. The Bertz CT molecular complexity index is 595. The summed E-state index contributed by atoms with van der Waals surface area (Å²) in [6.45, 7) is 0.